The molecule has 1 aromatic rings. The van der Waals surface area contributed by atoms with Crippen molar-refractivity contribution in [1.82, 2.24) is 0 Å². The van der Waals surface area contributed by atoms with E-state index < -0.39 is 0 Å². The molecule has 2 aliphatic rings. The van der Waals surface area contributed by atoms with E-state index in [-0.39, 0.29) is 5.82 Å². The molecule has 1 aromatic carbocycles. The van der Waals surface area contributed by atoms with Crippen molar-refractivity contribution < 1.29 is 9.13 Å². The molecule has 104 valence electrons. The summed E-state index contributed by atoms with van der Waals surface area (Å²) in [6.07, 6.45) is 6.51. The third kappa shape index (κ3) is 2.25. The van der Waals surface area contributed by atoms with Crippen LogP contribution < -0.4 is 5.32 Å². The molecule has 1 spiro atoms. The monoisotopic (exact) mass is 263 g/mol. The second-order valence-corrected chi connectivity index (χ2v) is 5.83. The van der Waals surface area contributed by atoms with E-state index in [1.165, 1.54) is 31.7 Å². The summed E-state index contributed by atoms with van der Waals surface area (Å²) in [6, 6.07) is 7.21. The van der Waals surface area contributed by atoms with E-state index in [4.69, 9.17) is 4.74 Å². The van der Waals surface area contributed by atoms with E-state index >= 15 is 0 Å². The molecule has 2 nitrogen and oxygen atoms in total. The maximum Gasteiger partial charge on any atom is 0.125 e. The van der Waals surface area contributed by atoms with Gasteiger partial charge in [0.25, 0.3) is 0 Å². The number of nitrogens with one attached hydrogen (secondary N) is 1. The largest absolute Gasteiger partial charge is 0.381 e. The summed E-state index contributed by atoms with van der Waals surface area (Å²) in [5.74, 6) is -0.175. The van der Waals surface area contributed by atoms with E-state index in [0.717, 1.165) is 18.7 Å². The van der Waals surface area contributed by atoms with Gasteiger partial charge >= 0.3 is 0 Å². The molecule has 2 unspecified atom stereocenters. The lowest BCUT2D eigenvalue weighted by atomic mass is 9.60. The van der Waals surface area contributed by atoms with Gasteiger partial charge in [0, 0.05) is 23.8 Å². The Morgan fingerprint density at radius 1 is 1.37 bits per heavy atom. The molecule has 2 aliphatic carbocycles. The van der Waals surface area contributed by atoms with Crippen LogP contribution in [0, 0.1) is 11.2 Å². The normalized spacial score (nSPS) is 28.3. The van der Waals surface area contributed by atoms with E-state index in [2.05, 4.69) is 12.2 Å². The first-order chi connectivity index (χ1) is 9.24. The quantitative estimate of drug-likeness (QED) is 0.887. The van der Waals surface area contributed by atoms with Gasteiger partial charge in [-0.3, -0.25) is 0 Å². The van der Waals surface area contributed by atoms with Crippen LogP contribution in [0.15, 0.2) is 24.3 Å². The van der Waals surface area contributed by atoms with E-state index in [0.29, 0.717) is 17.6 Å². The Balaban J connectivity index is 1.72. The molecule has 0 radical (unpaired) electrons. The maximum absolute atomic E-state index is 13.2. The molecule has 0 amide bonds. The van der Waals surface area contributed by atoms with Crippen molar-refractivity contribution in [2.45, 2.75) is 51.2 Å². The van der Waals surface area contributed by atoms with Gasteiger partial charge in [-0.1, -0.05) is 18.9 Å². The second-order valence-electron chi connectivity index (χ2n) is 5.83. The Morgan fingerprint density at radius 2 is 2.16 bits per heavy atom. The molecule has 0 heterocycles. The molecule has 1 N–H and O–H groups in total. The highest BCUT2D eigenvalue weighted by Crippen LogP contribution is 2.55. The Morgan fingerprint density at radius 3 is 2.84 bits per heavy atom. The number of anilines is 1. The number of halogens is 1. The molecular formula is C16H22FNO. The minimum atomic E-state index is -0.175. The number of benzene rings is 1. The van der Waals surface area contributed by atoms with Gasteiger partial charge in [0.2, 0.25) is 0 Å². The molecule has 0 aromatic heterocycles. The van der Waals surface area contributed by atoms with Crippen LogP contribution in [0.3, 0.4) is 0 Å². The molecule has 2 fully saturated rings. The number of rotatable bonds is 4. The van der Waals surface area contributed by atoms with Gasteiger partial charge < -0.3 is 10.1 Å². The van der Waals surface area contributed by atoms with Crippen LogP contribution in [-0.2, 0) is 4.74 Å². The smallest absolute Gasteiger partial charge is 0.125 e. The van der Waals surface area contributed by atoms with E-state index in [9.17, 15) is 4.39 Å². The molecule has 0 bridgehead atoms. The summed E-state index contributed by atoms with van der Waals surface area (Å²) in [7, 11) is 0. The molecular weight excluding hydrogens is 241 g/mol. The summed E-state index contributed by atoms with van der Waals surface area (Å²) < 4.78 is 19.1. The summed E-state index contributed by atoms with van der Waals surface area (Å²) >= 11 is 0. The third-order valence-corrected chi connectivity index (χ3v) is 4.85. The topological polar surface area (TPSA) is 21.3 Å². The van der Waals surface area contributed by atoms with Crippen molar-refractivity contribution in [3.05, 3.63) is 30.1 Å². The fourth-order valence-corrected chi connectivity index (χ4v) is 3.87. The first-order valence-electron chi connectivity index (χ1n) is 7.38. The minimum absolute atomic E-state index is 0.175. The molecule has 0 aliphatic heterocycles. The Labute approximate surface area is 114 Å². The zero-order chi connectivity index (χ0) is 13.3. The van der Waals surface area contributed by atoms with Crippen LogP contribution in [0.2, 0.25) is 0 Å². The standard InChI is InChI=1S/C16H22FNO/c1-2-19-15-11-14(16(15)8-3-4-9-16)18-13-7-5-6-12(17)10-13/h5-7,10,14-15,18H,2-4,8-9,11H2,1H3. The molecule has 2 atom stereocenters. The van der Waals surface area contributed by atoms with Crippen LogP contribution in [0.25, 0.3) is 0 Å². The number of hydrogen-bond acceptors (Lipinski definition) is 2. The van der Waals surface area contributed by atoms with Crippen molar-refractivity contribution in [3.63, 3.8) is 0 Å². The van der Waals surface area contributed by atoms with E-state index in [1.54, 1.807) is 12.1 Å². The highest BCUT2D eigenvalue weighted by molar-refractivity contribution is 5.45. The lowest BCUT2D eigenvalue weighted by Crippen LogP contribution is -2.60. The van der Waals surface area contributed by atoms with Gasteiger partial charge in [-0.25, -0.2) is 4.39 Å². The van der Waals surface area contributed by atoms with Crippen molar-refractivity contribution in [3.8, 4) is 0 Å². The summed E-state index contributed by atoms with van der Waals surface area (Å²) in [5.41, 5.74) is 1.19. The maximum atomic E-state index is 13.2. The molecule has 0 saturated heterocycles. The van der Waals surface area contributed by atoms with Crippen molar-refractivity contribution in [2.24, 2.45) is 5.41 Å². The van der Waals surface area contributed by atoms with Crippen LogP contribution in [0.5, 0.6) is 0 Å². The van der Waals surface area contributed by atoms with Crippen molar-refractivity contribution in [1.29, 1.82) is 0 Å². The Kier molecular flexibility index (Phi) is 3.48. The number of hydrogen-bond donors (Lipinski definition) is 1. The second kappa shape index (κ2) is 5.12. The zero-order valence-corrected chi connectivity index (χ0v) is 11.5. The highest BCUT2D eigenvalue weighted by atomic mass is 19.1. The summed E-state index contributed by atoms with van der Waals surface area (Å²) in [6.45, 7) is 2.86. The minimum Gasteiger partial charge on any atom is -0.381 e. The molecule has 3 rings (SSSR count). The summed E-state index contributed by atoms with van der Waals surface area (Å²) in [5, 5.41) is 3.52. The van der Waals surface area contributed by atoms with Crippen LogP contribution in [0.1, 0.15) is 39.0 Å². The van der Waals surface area contributed by atoms with Crippen LogP contribution in [0.4, 0.5) is 10.1 Å². The Hall–Kier alpha value is -1.09. The molecule has 2 saturated carbocycles. The van der Waals surface area contributed by atoms with Gasteiger partial charge in [-0.15, -0.1) is 0 Å². The Bertz CT molecular complexity index is 442. The van der Waals surface area contributed by atoms with Crippen LogP contribution >= 0.6 is 0 Å². The van der Waals surface area contributed by atoms with Crippen molar-refractivity contribution >= 4 is 5.69 Å². The predicted molar refractivity (Wildman–Crippen MR) is 74.7 cm³/mol. The van der Waals surface area contributed by atoms with Gasteiger partial charge in [-0.05, 0) is 44.4 Å². The molecule has 19 heavy (non-hydrogen) atoms. The first-order valence-corrected chi connectivity index (χ1v) is 7.38. The fourth-order valence-electron chi connectivity index (χ4n) is 3.87. The summed E-state index contributed by atoms with van der Waals surface area (Å²) in [4.78, 5) is 0. The molecule has 3 heteroatoms. The van der Waals surface area contributed by atoms with E-state index in [1.807, 2.05) is 6.07 Å². The third-order valence-electron chi connectivity index (χ3n) is 4.85. The zero-order valence-electron chi connectivity index (χ0n) is 11.5. The van der Waals surface area contributed by atoms with Crippen LogP contribution in [-0.4, -0.2) is 18.8 Å². The van der Waals surface area contributed by atoms with Gasteiger partial charge in [0.15, 0.2) is 0 Å². The van der Waals surface area contributed by atoms with Crippen molar-refractivity contribution in [2.75, 3.05) is 11.9 Å². The first kappa shape index (κ1) is 12.9. The average Bonchev–Trinajstić information content (AvgIpc) is 2.90. The fraction of sp³-hybridized carbons (Fsp3) is 0.625. The predicted octanol–water partition coefficient (Wildman–Crippen LogP) is 3.98. The lowest BCUT2D eigenvalue weighted by molar-refractivity contribution is -0.114. The van der Waals surface area contributed by atoms with Gasteiger partial charge in [-0.2, -0.15) is 0 Å². The highest BCUT2D eigenvalue weighted by Gasteiger charge is 2.56. The SMILES string of the molecule is CCOC1CC(Nc2cccc(F)c2)C12CCCC2. The average molecular weight is 263 g/mol. The van der Waals surface area contributed by atoms with Gasteiger partial charge in [0.1, 0.15) is 5.82 Å². The lowest BCUT2D eigenvalue weighted by Gasteiger charge is -2.54. The number of ether oxygens (including phenoxy) is 1. The van der Waals surface area contributed by atoms with Gasteiger partial charge in [0.05, 0.1) is 6.10 Å².